The summed E-state index contributed by atoms with van der Waals surface area (Å²) in [4.78, 5) is 14.8. The number of morpholine rings is 1. The molecule has 0 spiro atoms. The molecule has 2 fully saturated rings. The third kappa shape index (κ3) is 4.42. The highest BCUT2D eigenvalue weighted by molar-refractivity contribution is 5.77. The van der Waals surface area contributed by atoms with E-state index in [1.807, 2.05) is 4.90 Å². The second-order valence-electron chi connectivity index (χ2n) is 7.79. The molecule has 0 radical (unpaired) electrons. The van der Waals surface area contributed by atoms with Crippen LogP contribution in [0.5, 0.6) is 0 Å². The van der Waals surface area contributed by atoms with Crippen molar-refractivity contribution in [3.63, 3.8) is 0 Å². The third-order valence-electron chi connectivity index (χ3n) is 5.79. The van der Waals surface area contributed by atoms with Gasteiger partial charge in [0.2, 0.25) is 5.91 Å². The van der Waals surface area contributed by atoms with E-state index in [1.165, 1.54) is 11.1 Å². The van der Waals surface area contributed by atoms with Gasteiger partial charge < -0.3 is 14.7 Å². The van der Waals surface area contributed by atoms with Gasteiger partial charge in [-0.25, -0.2) is 0 Å². The standard InChI is InChI=1S/C21H31NO3/c1-15(2)17-9-6-16(7-10-17)8-11-21(24)22-12-13-25-14-19(22)18-4-3-5-20(18)23/h6-7,9-10,15,18-20,23H,3-5,8,11-14H2,1-2H3/t18-,19-,20-/m1/s1. The van der Waals surface area contributed by atoms with Gasteiger partial charge in [-0.3, -0.25) is 4.79 Å². The van der Waals surface area contributed by atoms with Gasteiger partial charge in [0, 0.05) is 18.9 Å². The van der Waals surface area contributed by atoms with Crippen LogP contribution in [0, 0.1) is 5.92 Å². The van der Waals surface area contributed by atoms with E-state index >= 15 is 0 Å². The van der Waals surface area contributed by atoms with Crippen molar-refractivity contribution >= 4 is 5.91 Å². The zero-order valence-corrected chi connectivity index (χ0v) is 15.5. The Bertz CT molecular complexity index is 569. The highest BCUT2D eigenvalue weighted by Gasteiger charge is 2.39. The lowest BCUT2D eigenvalue weighted by molar-refractivity contribution is -0.143. The summed E-state index contributed by atoms with van der Waals surface area (Å²) in [6.07, 6.45) is 3.91. The highest BCUT2D eigenvalue weighted by atomic mass is 16.5. The number of hydrogen-bond acceptors (Lipinski definition) is 3. The van der Waals surface area contributed by atoms with Crippen molar-refractivity contribution in [2.45, 2.75) is 64.0 Å². The molecule has 1 aliphatic heterocycles. The van der Waals surface area contributed by atoms with Crippen LogP contribution in [-0.2, 0) is 16.0 Å². The molecular weight excluding hydrogens is 314 g/mol. The highest BCUT2D eigenvalue weighted by Crippen LogP contribution is 2.32. The molecular formula is C21H31NO3. The van der Waals surface area contributed by atoms with Crippen LogP contribution in [0.3, 0.4) is 0 Å². The van der Waals surface area contributed by atoms with Gasteiger partial charge in [0.25, 0.3) is 0 Å². The first-order valence-corrected chi connectivity index (χ1v) is 9.70. The Kier molecular flexibility index (Phi) is 6.13. The Hall–Kier alpha value is -1.39. The smallest absolute Gasteiger partial charge is 0.223 e. The van der Waals surface area contributed by atoms with Crippen LogP contribution in [0.15, 0.2) is 24.3 Å². The molecule has 0 unspecified atom stereocenters. The number of hydrogen-bond donors (Lipinski definition) is 1. The lowest BCUT2D eigenvalue weighted by atomic mass is 9.93. The molecule has 1 aromatic carbocycles. The van der Waals surface area contributed by atoms with E-state index in [4.69, 9.17) is 4.74 Å². The molecule has 0 aromatic heterocycles. The van der Waals surface area contributed by atoms with Crippen LogP contribution < -0.4 is 0 Å². The van der Waals surface area contributed by atoms with Gasteiger partial charge >= 0.3 is 0 Å². The Morgan fingerprint density at radius 3 is 2.68 bits per heavy atom. The van der Waals surface area contributed by atoms with E-state index in [2.05, 4.69) is 38.1 Å². The first kappa shape index (κ1) is 18.4. The number of rotatable bonds is 5. The normalized spacial score (nSPS) is 27.0. The van der Waals surface area contributed by atoms with E-state index in [1.54, 1.807) is 0 Å². The summed E-state index contributed by atoms with van der Waals surface area (Å²) in [5.41, 5.74) is 2.54. The molecule has 1 amide bonds. The fourth-order valence-electron chi connectivity index (χ4n) is 4.17. The molecule has 25 heavy (non-hydrogen) atoms. The Balaban J connectivity index is 1.58. The van der Waals surface area contributed by atoms with Crippen molar-refractivity contribution in [1.29, 1.82) is 0 Å². The molecule has 1 aliphatic carbocycles. The zero-order valence-electron chi connectivity index (χ0n) is 15.5. The van der Waals surface area contributed by atoms with Crippen molar-refractivity contribution in [2.24, 2.45) is 5.92 Å². The largest absolute Gasteiger partial charge is 0.393 e. The molecule has 0 bridgehead atoms. The lowest BCUT2D eigenvalue weighted by Crippen LogP contribution is -2.53. The lowest BCUT2D eigenvalue weighted by Gasteiger charge is -2.40. The van der Waals surface area contributed by atoms with Gasteiger partial charge in [-0.1, -0.05) is 44.5 Å². The molecule has 2 aliphatic rings. The van der Waals surface area contributed by atoms with Crippen molar-refractivity contribution in [3.8, 4) is 0 Å². The maximum Gasteiger partial charge on any atom is 0.223 e. The summed E-state index contributed by atoms with van der Waals surface area (Å²) in [6.45, 7) is 6.20. The molecule has 1 heterocycles. The molecule has 1 aromatic rings. The Morgan fingerprint density at radius 1 is 1.28 bits per heavy atom. The number of amides is 1. The van der Waals surface area contributed by atoms with Gasteiger partial charge in [-0.15, -0.1) is 0 Å². The summed E-state index contributed by atoms with van der Waals surface area (Å²) < 4.78 is 5.62. The van der Waals surface area contributed by atoms with Crippen molar-refractivity contribution < 1.29 is 14.6 Å². The first-order valence-electron chi connectivity index (χ1n) is 9.70. The topological polar surface area (TPSA) is 49.8 Å². The van der Waals surface area contributed by atoms with Crippen molar-refractivity contribution in [3.05, 3.63) is 35.4 Å². The molecule has 4 heteroatoms. The van der Waals surface area contributed by atoms with Crippen LogP contribution in [0.1, 0.15) is 56.6 Å². The average Bonchev–Trinajstić information content (AvgIpc) is 3.06. The minimum Gasteiger partial charge on any atom is -0.393 e. The van der Waals surface area contributed by atoms with Crippen molar-refractivity contribution in [1.82, 2.24) is 4.90 Å². The minimum atomic E-state index is -0.287. The molecule has 3 atom stereocenters. The number of nitrogens with zero attached hydrogens (tertiary/aromatic N) is 1. The number of ether oxygens (including phenoxy) is 1. The predicted octanol–water partition coefficient (Wildman–Crippen LogP) is 3.13. The first-order chi connectivity index (χ1) is 12.1. The minimum absolute atomic E-state index is 0.0436. The second-order valence-corrected chi connectivity index (χ2v) is 7.79. The number of aliphatic hydroxyl groups excluding tert-OH is 1. The van der Waals surface area contributed by atoms with Crippen LogP contribution in [0.25, 0.3) is 0 Å². The van der Waals surface area contributed by atoms with Crippen LogP contribution >= 0.6 is 0 Å². The number of carbonyl (C=O) groups excluding carboxylic acids is 1. The van der Waals surface area contributed by atoms with Crippen LogP contribution in [0.4, 0.5) is 0 Å². The number of aliphatic hydroxyl groups is 1. The van der Waals surface area contributed by atoms with Gasteiger partial charge in [0.15, 0.2) is 0 Å². The number of benzene rings is 1. The van der Waals surface area contributed by atoms with E-state index in [0.717, 1.165) is 25.7 Å². The van der Waals surface area contributed by atoms with E-state index in [-0.39, 0.29) is 24.0 Å². The van der Waals surface area contributed by atoms with Crippen LogP contribution in [0.2, 0.25) is 0 Å². The summed E-state index contributed by atoms with van der Waals surface area (Å²) in [7, 11) is 0. The summed E-state index contributed by atoms with van der Waals surface area (Å²) >= 11 is 0. The van der Waals surface area contributed by atoms with Gasteiger partial charge in [-0.05, 0) is 36.3 Å². The fourth-order valence-corrected chi connectivity index (χ4v) is 4.17. The number of aryl methyl sites for hydroxylation is 1. The fraction of sp³-hybridized carbons (Fsp3) is 0.667. The van der Waals surface area contributed by atoms with Crippen molar-refractivity contribution in [2.75, 3.05) is 19.8 Å². The summed E-state index contributed by atoms with van der Waals surface area (Å²) in [5, 5.41) is 10.2. The Morgan fingerprint density at radius 2 is 2.04 bits per heavy atom. The Labute approximate surface area is 151 Å². The second kappa shape index (κ2) is 8.33. The van der Waals surface area contributed by atoms with E-state index in [0.29, 0.717) is 32.1 Å². The average molecular weight is 345 g/mol. The molecule has 138 valence electrons. The maximum absolute atomic E-state index is 12.8. The quantitative estimate of drug-likeness (QED) is 0.892. The maximum atomic E-state index is 12.8. The monoisotopic (exact) mass is 345 g/mol. The third-order valence-corrected chi connectivity index (χ3v) is 5.79. The summed E-state index contributed by atoms with van der Waals surface area (Å²) in [5.74, 6) is 0.901. The summed E-state index contributed by atoms with van der Waals surface area (Å²) in [6, 6.07) is 8.65. The molecule has 1 saturated heterocycles. The molecule has 3 rings (SSSR count). The zero-order chi connectivity index (χ0) is 17.8. The SMILES string of the molecule is CC(C)c1ccc(CCC(=O)N2CCOC[C@@H]2[C@H]2CCC[C@H]2O)cc1. The van der Waals surface area contributed by atoms with E-state index in [9.17, 15) is 9.90 Å². The predicted molar refractivity (Wildman–Crippen MR) is 98.5 cm³/mol. The molecule has 1 saturated carbocycles. The molecule has 4 nitrogen and oxygen atoms in total. The van der Waals surface area contributed by atoms with Gasteiger partial charge in [-0.2, -0.15) is 0 Å². The van der Waals surface area contributed by atoms with E-state index < -0.39 is 0 Å². The number of carbonyl (C=O) groups is 1. The molecule has 1 N–H and O–H groups in total. The van der Waals surface area contributed by atoms with Gasteiger partial charge in [0.05, 0.1) is 25.4 Å². The van der Waals surface area contributed by atoms with Crippen LogP contribution in [-0.4, -0.2) is 47.8 Å². The van der Waals surface area contributed by atoms with Gasteiger partial charge in [0.1, 0.15) is 0 Å².